The Morgan fingerprint density at radius 2 is 1.50 bits per heavy atom. The molecule has 3 N–H and O–H groups in total. The Bertz CT molecular complexity index is 1100. The SMILES string of the molecule is O=C(CNc1cccc2cccnc12)NCCNc1cccc2ccccc12. The first-order valence-electron chi connectivity index (χ1n) is 9.37. The van der Waals surface area contributed by atoms with Crippen molar-refractivity contribution in [1.82, 2.24) is 10.3 Å². The van der Waals surface area contributed by atoms with Crippen LogP contribution in [0.4, 0.5) is 11.4 Å². The van der Waals surface area contributed by atoms with E-state index < -0.39 is 0 Å². The Balaban J connectivity index is 1.27. The van der Waals surface area contributed by atoms with Crippen molar-refractivity contribution in [3.63, 3.8) is 0 Å². The van der Waals surface area contributed by atoms with Crippen LogP contribution in [-0.2, 0) is 4.79 Å². The van der Waals surface area contributed by atoms with Gasteiger partial charge in [0, 0.05) is 35.7 Å². The lowest BCUT2D eigenvalue weighted by molar-refractivity contribution is -0.119. The molecule has 1 amide bonds. The van der Waals surface area contributed by atoms with Crippen molar-refractivity contribution < 1.29 is 4.79 Å². The maximum atomic E-state index is 12.2. The fourth-order valence-electron chi connectivity index (χ4n) is 3.26. The molecule has 28 heavy (non-hydrogen) atoms. The highest BCUT2D eigenvalue weighted by molar-refractivity contribution is 5.94. The molecule has 140 valence electrons. The smallest absolute Gasteiger partial charge is 0.239 e. The summed E-state index contributed by atoms with van der Waals surface area (Å²) in [6, 6.07) is 24.2. The monoisotopic (exact) mass is 370 g/mol. The van der Waals surface area contributed by atoms with Gasteiger partial charge >= 0.3 is 0 Å². The van der Waals surface area contributed by atoms with Crippen LogP contribution in [0.5, 0.6) is 0 Å². The summed E-state index contributed by atoms with van der Waals surface area (Å²) in [5.74, 6) is -0.0485. The summed E-state index contributed by atoms with van der Waals surface area (Å²) in [7, 11) is 0. The number of aromatic nitrogens is 1. The molecule has 0 atom stereocenters. The number of nitrogens with zero attached hydrogens (tertiary/aromatic N) is 1. The number of carbonyl (C=O) groups is 1. The summed E-state index contributed by atoms with van der Waals surface area (Å²) in [6.07, 6.45) is 1.76. The number of hydrogen-bond donors (Lipinski definition) is 3. The van der Waals surface area contributed by atoms with Gasteiger partial charge in [0.05, 0.1) is 17.7 Å². The van der Waals surface area contributed by atoms with Crippen LogP contribution in [0.25, 0.3) is 21.7 Å². The minimum absolute atomic E-state index is 0.0485. The normalized spacial score (nSPS) is 10.7. The number of amides is 1. The lowest BCUT2D eigenvalue weighted by atomic mass is 10.1. The molecule has 5 nitrogen and oxygen atoms in total. The summed E-state index contributed by atoms with van der Waals surface area (Å²) in [6.45, 7) is 1.43. The summed E-state index contributed by atoms with van der Waals surface area (Å²) >= 11 is 0. The molecule has 1 heterocycles. The summed E-state index contributed by atoms with van der Waals surface area (Å²) in [5.41, 5.74) is 2.81. The second kappa shape index (κ2) is 8.39. The van der Waals surface area contributed by atoms with E-state index in [1.807, 2.05) is 48.5 Å². The van der Waals surface area contributed by atoms with Crippen LogP contribution in [0.2, 0.25) is 0 Å². The minimum atomic E-state index is -0.0485. The fourth-order valence-corrected chi connectivity index (χ4v) is 3.26. The molecule has 4 aromatic rings. The fraction of sp³-hybridized carbons (Fsp3) is 0.130. The first-order valence-corrected chi connectivity index (χ1v) is 9.37. The van der Waals surface area contributed by atoms with Gasteiger partial charge in [-0.3, -0.25) is 9.78 Å². The largest absolute Gasteiger partial charge is 0.383 e. The number of rotatable bonds is 7. The maximum absolute atomic E-state index is 12.2. The molecule has 0 aliphatic rings. The van der Waals surface area contributed by atoms with Gasteiger partial charge in [0.15, 0.2) is 0 Å². The number of benzene rings is 3. The van der Waals surface area contributed by atoms with Crippen molar-refractivity contribution in [2.75, 3.05) is 30.3 Å². The van der Waals surface area contributed by atoms with E-state index in [4.69, 9.17) is 0 Å². The van der Waals surface area contributed by atoms with Gasteiger partial charge < -0.3 is 16.0 Å². The predicted molar refractivity (Wildman–Crippen MR) is 116 cm³/mol. The molecule has 0 spiro atoms. The second-order valence-corrected chi connectivity index (χ2v) is 6.54. The third-order valence-electron chi connectivity index (χ3n) is 4.62. The van der Waals surface area contributed by atoms with Crippen LogP contribution in [0.3, 0.4) is 0 Å². The molecule has 0 fully saturated rings. The number of carbonyl (C=O) groups excluding carboxylic acids is 1. The highest BCUT2D eigenvalue weighted by atomic mass is 16.1. The minimum Gasteiger partial charge on any atom is -0.383 e. The number of hydrogen-bond acceptors (Lipinski definition) is 4. The molecular formula is C23H22N4O. The molecule has 0 saturated carbocycles. The molecule has 0 aliphatic heterocycles. The third-order valence-corrected chi connectivity index (χ3v) is 4.62. The van der Waals surface area contributed by atoms with Gasteiger partial charge in [-0.15, -0.1) is 0 Å². The molecule has 1 aromatic heterocycles. The quantitative estimate of drug-likeness (QED) is 0.430. The van der Waals surface area contributed by atoms with E-state index in [-0.39, 0.29) is 12.5 Å². The van der Waals surface area contributed by atoms with E-state index in [1.165, 1.54) is 10.8 Å². The van der Waals surface area contributed by atoms with Crippen LogP contribution >= 0.6 is 0 Å². The summed E-state index contributed by atoms with van der Waals surface area (Å²) < 4.78 is 0. The molecule has 0 saturated heterocycles. The van der Waals surface area contributed by atoms with Gasteiger partial charge in [0.1, 0.15) is 0 Å². The average Bonchev–Trinajstić information content (AvgIpc) is 2.75. The number of para-hydroxylation sites is 1. The predicted octanol–water partition coefficient (Wildman–Crippen LogP) is 4.03. The molecule has 0 unspecified atom stereocenters. The zero-order valence-corrected chi connectivity index (χ0v) is 15.5. The van der Waals surface area contributed by atoms with Gasteiger partial charge in [0.2, 0.25) is 5.91 Å². The third kappa shape index (κ3) is 4.04. The van der Waals surface area contributed by atoms with Crippen molar-refractivity contribution in [2.45, 2.75) is 0 Å². The number of nitrogens with one attached hydrogen (secondary N) is 3. The summed E-state index contributed by atoms with van der Waals surface area (Å²) in [5, 5.41) is 12.9. The van der Waals surface area contributed by atoms with Crippen LogP contribution in [0.15, 0.2) is 79.0 Å². The Morgan fingerprint density at radius 1 is 0.750 bits per heavy atom. The van der Waals surface area contributed by atoms with E-state index in [0.717, 1.165) is 22.3 Å². The molecular weight excluding hydrogens is 348 g/mol. The van der Waals surface area contributed by atoms with E-state index >= 15 is 0 Å². The van der Waals surface area contributed by atoms with Crippen LogP contribution in [0, 0.1) is 0 Å². The number of anilines is 2. The molecule has 3 aromatic carbocycles. The van der Waals surface area contributed by atoms with E-state index in [1.54, 1.807) is 6.20 Å². The van der Waals surface area contributed by atoms with Gasteiger partial charge in [0.25, 0.3) is 0 Å². The highest BCUT2D eigenvalue weighted by Crippen LogP contribution is 2.22. The van der Waals surface area contributed by atoms with Gasteiger partial charge in [-0.1, -0.05) is 54.6 Å². The average molecular weight is 370 g/mol. The van der Waals surface area contributed by atoms with Gasteiger partial charge in [-0.05, 0) is 23.6 Å². The second-order valence-electron chi connectivity index (χ2n) is 6.54. The zero-order valence-electron chi connectivity index (χ0n) is 15.5. The Morgan fingerprint density at radius 3 is 2.43 bits per heavy atom. The van der Waals surface area contributed by atoms with Gasteiger partial charge in [-0.2, -0.15) is 0 Å². The van der Waals surface area contributed by atoms with Crippen LogP contribution < -0.4 is 16.0 Å². The topological polar surface area (TPSA) is 66.0 Å². The Labute approximate surface area is 163 Å². The lowest BCUT2D eigenvalue weighted by Gasteiger charge is -2.12. The number of pyridine rings is 1. The summed E-state index contributed by atoms with van der Waals surface area (Å²) in [4.78, 5) is 16.5. The molecule has 0 bridgehead atoms. The number of fused-ring (bicyclic) bond motifs is 2. The van der Waals surface area contributed by atoms with Crippen molar-refractivity contribution in [3.05, 3.63) is 79.0 Å². The van der Waals surface area contributed by atoms with Crippen molar-refractivity contribution in [2.24, 2.45) is 0 Å². The van der Waals surface area contributed by atoms with Crippen LogP contribution in [0.1, 0.15) is 0 Å². The Kier molecular flexibility index (Phi) is 5.33. The first-order chi connectivity index (χ1) is 13.8. The standard InChI is InChI=1S/C23H22N4O/c28-22(16-27-21-12-4-8-18-9-5-13-26-23(18)21)25-15-14-24-20-11-3-7-17-6-1-2-10-19(17)20/h1-13,24,27H,14-16H2,(H,25,28). The van der Waals surface area contributed by atoms with Crippen molar-refractivity contribution in [1.29, 1.82) is 0 Å². The van der Waals surface area contributed by atoms with E-state index in [2.05, 4.69) is 45.2 Å². The lowest BCUT2D eigenvalue weighted by Crippen LogP contribution is -2.33. The highest BCUT2D eigenvalue weighted by Gasteiger charge is 2.05. The molecule has 0 aliphatic carbocycles. The van der Waals surface area contributed by atoms with E-state index in [9.17, 15) is 4.79 Å². The molecule has 5 heteroatoms. The van der Waals surface area contributed by atoms with E-state index in [0.29, 0.717) is 13.1 Å². The zero-order chi connectivity index (χ0) is 19.2. The molecule has 4 rings (SSSR count). The Hall–Kier alpha value is -3.60. The van der Waals surface area contributed by atoms with Crippen molar-refractivity contribution >= 4 is 39.0 Å². The maximum Gasteiger partial charge on any atom is 0.239 e. The van der Waals surface area contributed by atoms with Crippen molar-refractivity contribution in [3.8, 4) is 0 Å². The van der Waals surface area contributed by atoms with Crippen LogP contribution in [-0.4, -0.2) is 30.5 Å². The van der Waals surface area contributed by atoms with Gasteiger partial charge in [-0.25, -0.2) is 0 Å². The first kappa shape index (κ1) is 17.8. The molecule has 0 radical (unpaired) electrons.